The number of nitrogens with zero attached hydrogens (tertiary/aromatic N) is 1. The Balaban J connectivity index is 2.18. The number of carbonyl (C=O) groups is 1. The first-order valence-electron chi connectivity index (χ1n) is 6.36. The maximum atomic E-state index is 13.6. The van der Waals surface area contributed by atoms with E-state index < -0.39 is 16.6 Å². The summed E-state index contributed by atoms with van der Waals surface area (Å²) in [5.41, 5.74) is 0.677. The first kappa shape index (κ1) is 16.1. The molecule has 0 bridgehead atoms. The van der Waals surface area contributed by atoms with Crippen molar-refractivity contribution in [3.05, 3.63) is 73.5 Å². The summed E-state index contributed by atoms with van der Waals surface area (Å²) in [4.78, 5) is 22.5. The van der Waals surface area contributed by atoms with Crippen LogP contribution in [0.15, 0.2) is 40.9 Å². The third-order valence-corrected chi connectivity index (χ3v) is 3.69. The molecule has 22 heavy (non-hydrogen) atoms. The number of rotatable bonds is 4. The monoisotopic (exact) mass is 366 g/mol. The lowest BCUT2D eigenvalue weighted by atomic mass is 10.1. The first-order valence-corrected chi connectivity index (χ1v) is 7.15. The van der Waals surface area contributed by atoms with E-state index in [0.717, 1.165) is 0 Å². The molecule has 0 radical (unpaired) electrons. The fourth-order valence-electron chi connectivity index (χ4n) is 2.02. The van der Waals surface area contributed by atoms with Crippen LogP contribution in [0.3, 0.4) is 0 Å². The molecule has 0 fully saturated rings. The van der Waals surface area contributed by atoms with Gasteiger partial charge in [-0.3, -0.25) is 14.9 Å². The van der Waals surface area contributed by atoms with Gasteiger partial charge in [-0.15, -0.1) is 0 Å². The Bertz CT molecular complexity index is 750. The largest absolute Gasteiger partial charge is 0.348 e. The number of hydrogen-bond acceptors (Lipinski definition) is 3. The van der Waals surface area contributed by atoms with Crippen LogP contribution < -0.4 is 5.32 Å². The number of halogens is 2. The third-order valence-electron chi connectivity index (χ3n) is 3.19. The topological polar surface area (TPSA) is 72.2 Å². The van der Waals surface area contributed by atoms with E-state index >= 15 is 0 Å². The molecule has 0 saturated carbocycles. The molecule has 0 aliphatic heterocycles. The Labute approximate surface area is 134 Å². The molecule has 0 saturated heterocycles. The predicted octanol–water partition coefficient (Wildman–Crippen LogP) is 3.73. The van der Waals surface area contributed by atoms with Crippen LogP contribution in [0.4, 0.5) is 10.1 Å². The molecule has 2 aromatic rings. The summed E-state index contributed by atoms with van der Waals surface area (Å²) in [7, 11) is 0. The number of hydrogen-bond donors (Lipinski definition) is 1. The summed E-state index contributed by atoms with van der Waals surface area (Å²) in [6.45, 7) is 1.50. The Morgan fingerprint density at radius 2 is 2.09 bits per heavy atom. The quantitative estimate of drug-likeness (QED) is 0.661. The minimum atomic E-state index is -0.542. The molecule has 0 aliphatic rings. The normalized spacial score (nSPS) is 10.3. The van der Waals surface area contributed by atoms with Crippen molar-refractivity contribution >= 4 is 27.5 Å². The lowest BCUT2D eigenvalue weighted by molar-refractivity contribution is -0.385. The zero-order chi connectivity index (χ0) is 16.3. The minimum absolute atomic E-state index is 0.00770. The van der Waals surface area contributed by atoms with E-state index in [1.165, 1.54) is 31.2 Å². The molecule has 2 aromatic carbocycles. The van der Waals surface area contributed by atoms with E-state index in [2.05, 4.69) is 21.2 Å². The summed E-state index contributed by atoms with van der Waals surface area (Å²) >= 11 is 3.23. The van der Waals surface area contributed by atoms with Gasteiger partial charge < -0.3 is 5.32 Å². The molecule has 2 rings (SSSR count). The highest BCUT2D eigenvalue weighted by Gasteiger charge is 2.18. The minimum Gasteiger partial charge on any atom is -0.348 e. The van der Waals surface area contributed by atoms with Crippen molar-refractivity contribution in [1.82, 2.24) is 5.32 Å². The smallest absolute Gasteiger partial charge is 0.273 e. The number of nitro groups is 1. The summed E-state index contributed by atoms with van der Waals surface area (Å²) in [6, 6.07) is 8.69. The van der Waals surface area contributed by atoms with E-state index in [9.17, 15) is 19.3 Å². The molecule has 1 N–H and O–H groups in total. The van der Waals surface area contributed by atoms with E-state index in [1.54, 1.807) is 12.1 Å². The fraction of sp³-hybridized carbons (Fsp3) is 0.133. The van der Waals surface area contributed by atoms with Crippen LogP contribution in [0, 0.1) is 22.9 Å². The number of benzene rings is 2. The van der Waals surface area contributed by atoms with Crippen LogP contribution in [-0.4, -0.2) is 10.8 Å². The van der Waals surface area contributed by atoms with Crippen LogP contribution >= 0.6 is 15.9 Å². The molecule has 0 unspecified atom stereocenters. The van der Waals surface area contributed by atoms with Gasteiger partial charge in [0, 0.05) is 33.8 Å². The van der Waals surface area contributed by atoms with Crippen molar-refractivity contribution in [1.29, 1.82) is 0 Å². The van der Waals surface area contributed by atoms with Gasteiger partial charge >= 0.3 is 0 Å². The summed E-state index contributed by atoms with van der Waals surface area (Å²) in [5.74, 6) is -0.917. The molecule has 1 amide bonds. The zero-order valence-corrected chi connectivity index (χ0v) is 13.2. The maximum Gasteiger partial charge on any atom is 0.273 e. The van der Waals surface area contributed by atoms with Crippen LogP contribution in [0.25, 0.3) is 0 Å². The fourth-order valence-corrected chi connectivity index (χ4v) is 2.43. The second-order valence-electron chi connectivity index (χ2n) is 4.63. The summed E-state index contributed by atoms with van der Waals surface area (Å²) < 4.78 is 14.3. The SMILES string of the molecule is Cc1c(C(=O)NCc2cc(Br)ccc2F)cccc1[N+](=O)[O-]. The Kier molecular flexibility index (Phi) is 4.87. The van der Waals surface area contributed by atoms with Crippen LogP contribution in [0.2, 0.25) is 0 Å². The Hall–Kier alpha value is -2.28. The number of amides is 1. The molecule has 5 nitrogen and oxygen atoms in total. The highest BCUT2D eigenvalue weighted by molar-refractivity contribution is 9.10. The summed E-state index contributed by atoms with van der Waals surface area (Å²) in [5, 5.41) is 13.4. The van der Waals surface area contributed by atoms with Gasteiger partial charge in [0.2, 0.25) is 0 Å². The average molecular weight is 367 g/mol. The van der Waals surface area contributed by atoms with Crippen molar-refractivity contribution < 1.29 is 14.1 Å². The highest BCUT2D eigenvalue weighted by Crippen LogP contribution is 2.21. The van der Waals surface area contributed by atoms with Gasteiger partial charge in [0.05, 0.1) is 4.92 Å². The van der Waals surface area contributed by atoms with E-state index in [0.29, 0.717) is 10.0 Å². The molecule has 114 valence electrons. The van der Waals surface area contributed by atoms with Gasteiger partial charge in [0.25, 0.3) is 11.6 Å². The molecule has 0 spiro atoms. The van der Waals surface area contributed by atoms with Crippen LogP contribution in [0.5, 0.6) is 0 Å². The second kappa shape index (κ2) is 6.65. The number of nitrogens with one attached hydrogen (secondary N) is 1. The van der Waals surface area contributed by atoms with Crippen molar-refractivity contribution in [3.63, 3.8) is 0 Å². The highest BCUT2D eigenvalue weighted by atomic mass is 79.9. The molecular formula is C15H12BrFN2O3. The number of nitro benzene ring substituents is 1. The van der Waals surface area contributed by atoms with Crippen molar-refractivity contribution in [2.45, 2.75) is 13.5 Å². The third kappa shape index (κ3) is 3.48. The molecular weight excluding hydrogens is 355 g/mol. The zero-order valence-electron chi connectivity index (χ0n) is 11.6. The van der Waals surface area contributed by atoms with Crippen molar-refractivity contribution in [2.75, 3.05) is 0 Å². The Morgan fingerprint density at radius 3 is 2.77 bits per heavy atom. The van der Waals surface area contributed by atoms with Crippen molar-refractivity contribution in [3.8, 4) is 0 Å². The number of carbonyl (C=O) groups excluding carboxylic acids is 1. The first-order chi connectivity index (χ1) is 10.4. The van der Waals surface area contributed by atoms with E-state index in [-0.39, 0.29) is 23.4 Å². The van der Waals surface area contributed by atoms with Gasteiger partial charge in [-0.05, 0) is 31.2 Å². The predicted molar refractivity (Wildman–Crippen MR) is 83.1 cm³/mol. The van der Waals surface area contributed by atoms with Gasteiger partial charge in [-0.2, -0.15) is 0 Å². The summed E-state index contributed by atoms with van der Waals surface area (Å²) in [6.07, 6.45) is 0. The van der Waals surface area contributed by atoms with E-state index in [1.807, 2.05) is 0 Å². The van der Waals surface area contributed by atoms with Gasteiger partial charge in [0.15, 0.2) is 0 Å². The lowest BCUT2D eigenvalue weighted by Crippen LogP contribution is -2.24. The maximum absolute atomic E-state index is 13.6. The molecule has 0 aliphatic carbocycles. The van der Waals surface area contributed by atoms with Gasteiger partial charge in [-0.1, -0.05) is 22.0 Å². The lowest BCUT2D eigenvalue weighted by Gasteiger charge is -2.09. The van der Waals surface area contributed by atoms with Gasteiger partial charge in [-0.25, -0.2) is 4.39 Å². The van der Waals surface area contributed by atoms with Gasteiger partial charge in [0.1, 0.15) is 5.82 Å². The van der Waals surface area contributed by atoms with Crippen LogP contribution in [-0.2, 0) is 6.54 Å². The van der Waals surface area contributed by atoms with Crippen LogP contribution in [0.1, 0.15) is 21.5 Å². The van der Waals surface area contributed by atoms with Crippen molar-refractivity contribution in [2.24, 2.45) is 0 Å². The molecule has 0 atom stereocenters. The second-order valence-corrected chi connectivity index (χ2v) is 5.54. The average Bonchev–Trinajstić information content (AvgIpc) is 2.47. The Morgan fingerprint density at radius 1 is 1.36 bits per heavy atom. The van der Waals surface area contributed by atoms with E-state index in [4.69, 9.17) is 0 Å². The molecule has 0 heterocycles. The molecule has 7 heteroatoms. The standard InChI is InChI=1S/C15H12BrFN2O3/c1-9-12(3-2-4-14(9)19(21)22)15(20)18-8-10-7-11(16)5-6-13(10)17/h2-7H,8H2,1H3,(H,18,20). The molecule has 0 aromatic heterocycles.